The Bertz CT molecular complexity index is 421. The molecule has 1 rings (SSSR count). The normalized spacial score (nSPS) is 15.3. The smallest absolute Gasteiger partial charge is 0.271 e. The summed E-state index contributed by atoms with van der Waals surface area (Å²) in [7, 11) is 0. The number of hydrogen-bond donors (Lipinski definition) is 2. The van der Waals surface area contributed by atoms with Gasteiger partial charge in [0, 0.05) is 10.5 Å². The van der Waals surface area contributed by atoms with Crippen molar-refractivity contribution in [1.29, 1.82) is 0 Å². The molecule has 19 heavy (non-hydrogen) atoms. The van der Waals surface area contributed by atoms with Crippen LogP contribution in [0.2, 0.25) is 0 Å². The molecule has 0 aliphatic carbocycles. The minimum absolute atomic E-state index is 0.148. The number of hydrogen-bond acceptors (Lipinski definition) is 2. The summed E-state index contributed by atoms with van der Waals surface area (Å²) < 4.78 is 38.9. The van der Waals surface area contributed by atoms with Gasteiger partial charge in [-0.3, -0.25) is 11.3 Å². The van der Waals surface area contributed by atoms with E-state index in [2.05, 4.69) is 21.4 Å². The SMILES string of the molecule is CCCC(C)C(NN)c1cc(C(F)(F)F)ccc1Br. The van der Waals surface area contributed by atoms with Crippen molar-refractivity contribution < 1.29 is 13.2 Å². The molecule has 2 atom stereocenters. The lowest BCUT2D eigenvalue weighted by Crippen LogP contribution is -2.33. The molecule has 0 heterocycles. The summed E-state index contributed by atoms with van der Waals surface area (Å²) >= 11 is 3.30. The second-order valence-corrected chi connectivity index (χ2v) is 5.50. The highest BCUT2D eigenvalue weighted by Gasteiger charge is 2.32. The number of benzene rings is 1. The van der Waals surface area contributed by atoms with Crippen LogP contribution >= 0.6 is 15.9 Å². The molecule has 0 spiro atoms. The largest absolute Gasteiger partial charge is 0.416 e. The van der Waals surface area contributed by atoms with E-state index in [4.69, 9.17) is 5.84 Å². The first-order chi connectivity index (χ1) is 8.81. The third kappa shape index (κ3) is 4.19. The van der Waals surface area contributed by atoms with E-state index >= 15 is 0 Å². The number of alkyl halides is 3. The molecule has 0 bridgehead atoms. The highest BCUT2D eigenvalue weighted by Crippen LogP contribution is 2.36. The third-order valence-electron chi connectivity index (χ3n) is 3.15. The Morgan fingerprint density at radius 1 is 1.37 bits per heavy atom. The second-order valence-electron chi connectivity index (χ2n) is 4.64. The summed E-state index contributed by atoms with van der Waals surface area (Å²) in [6.07, 6.45) is -2.50. The topological polar surface area (TPSA) is 38.0 Å². The van der Waals surface area contributed by atoms with Gasteiger partial charge >= 0.3 is 6.18 Å². The van der Waals surface area contributed by atoms with Gasteiger partial charge in [0.1, 0.15) is 0 Å². The molecule has 2 nitrogen and oxygen atoms in total. The first-order valence-electron chi connectivity index (χ1n) is 6.14. The molecule has 0 aliphatic rings. The fourth-order valence-corrected chi connectivity index (χ4v) is 2.63. The maximum atomic E-state index is 12.7. The fourth-order valence-electron chi connectivity index (χ4n) is 2.14. The molecule has 1 aromatic carbocycles. The Labute approximate surface area is 119 Å². The Kier molecular flexibility index (Phi) is 5.82. The summed E-state index contributed by atoms with van der Waals surface area (Å²) in [6, 6.07) is 3.32. The highest BCUT2D eigenvalue weighted by molar-refractivity contribution is 9.10. The van der Waals surface area contributed by atoms with E-state index in [-0.39, 0.29) is 12.0 Å². The zero-order valence-electron chi connectivity index (χ0n) is 10.9. The van der Waals surface area contributed by atoms with Crippen LogP contribution < -0.4 is 11.3 Å². The average Bonchev–Trinajstić information content (AvgIpc) is 2.31. The van der Waals surface area contributed by atoms with Gasteiger partial charge in [-0.2, -0.15) is 13.2 Å². The minimum Gasteiger partial charge on any atom is -0.271 e. The molecule has 0 aromatic heterocycles. The summed E-state index contributed by atoms with van der Waals surface area (Å²) in [5.41, 5.74) is 2.51. The van der Waals surface area contributed by atoms with Gasteiger partial charge < -0.3 is 0 Å². The number of nitrogens with one attached hydrogen (secondary N) is 1. The molecular formula is C13H18BrF3N2. The lowest BCUT2D eigenvalue weighted by molar-refractivity contribution is -0.137. The Balaban J connectivity index is 3.16. The van der Waals surface area contributed by atoms with E-state index in [9.17, 15) is 13.2 Å². The van der Waals surface area contributed by atoms with Crippen LogP contribution in [-0.2, 0) is 6.18 Å². The predicted octanol–water partition coefficient (Wildman–Crippen LogP) is 4.41. The van der Waals surface area contributed by atoms with Gasteiger partial charge in [-0.1, -0.05) is 36.2 Å². The molecule has 6 heteroatoms. The first-order valence-corrected chi connectivity index (χ1v) is 6.93. The van der Waals surface area contributed by atoms with Crippen molar-refractivity contribution in [2.75, 3.05) is 0 Å². The minimum atomic E-state index is -4.34. The zero-order chi connectivity index (χ0) is 14.6. The quantitative estimate of drug-likeness (QED) is 0.616. The molecule has 1 aromatic rings. The van der Waals surface area contributed by atoms with Gasteiger partial charge in [-0.05, 0) is 36.1 Å². The Hall–Kier alpha value is -0.590. The van der Waals surface area contributed by atoms with E-state index in [0.29, 0.717) is 10.0 Å². The van der Waals surface area contributed by atoms with E-state index in [1.807, 2.05) is 13.8 Å². The van der Waals surface area contributed by atoms with Gasteiger partial charge in [0.15, 0.2) is 0 Å². The van der Waals surface area contributed by atoms with Crippen LogP contribution in [0.1, 0.15) is 43.9 Å². The van der Waals surface area contributed by atoms with Gasteiger partial charge in [0.2, 0.25) is 0 Å². The molecule has 0 saturated heterocycles. The molecule has 3 N–H and O–H groups in total. The van der Waals surface area contributed by atoms with Crippen molar-refractivity contribution in [3.8, 4) is 0 Å². The van der Waals surface area contributed by atoms with Crippen molar-refractivity contribution in [3.63, 3.8) is 0 Å². The summed E-state index contributed by atoms with van der Waals surface area (Å²) in [5, 5.41) is 0. The maximum Gasteiger partial charge on any atom is 0.416 e. The zero-order valence-corrected chi connectivity index (χ0v) is 12.5. The van der Waals surface area contributed by atoms with Crippen molar-refractivity contribution >= 4 is 15.9 Å². The molecule has 2 unspecified atom stereocenters. The predicted molar refractivity (Wildman–Crippen MR) is 73.3 cm³/mol. The number of rotatable bonds is 5. The van der Waals surface area contributed by atoms with Crippen LogP contribution in [0.5, 0.6) is 0 Å². The number of nitrogens with two attached hydrogens (primary N) is 1. The van der Waals surface area contributed by atoms with E-state index < -0.39 is 11.7 Å². The molecule has 108 valence electrons. The first kappa shape index (κ1) is 16.5. The van der Waals surface area contributed by atoms with Crippen molar-refractivity contribution in [1.82, 2.24) is 5.43 Å². The van der Waals surface area contributed by atoms with E-state index in [1.54, 1.807) is 0 Å². The summed E-state index contributed by atoms with van der Waals surface area (Å²) in [5.74, 6) is 5.66. The molecule has 0 radical (unpaired) electrons. The van der Waals surface area contributed by atoms with E-state index in [0.717, 1.165) is 25.0 Å². The van der Waals surface area contributed by atoms with Crippen molar-refractivity contribution in [2.24, 2.45) is 11.8 Å². The van der Waals surface area contributed by atoms with Gasteiger partial charge in [-0.25, -0.2) is 0 Å². The summed E-state index contributed by atoms with van der Waals surface area (Å²) in [4.78, 5) is 0. The van der Waals surface area contributed by atoms with Crippen LogP contribution in [0.25, 0.3) is 0 Å². The van der Waals surface area contributed by atoms with Gasteiger partial charge in [0.25, 0.3) is 0 Å². The van der Waals surface area contributed by atoms with Crippen LogP contribution in [-0.4, -0.2) is 0 Å². The van der Waals surface area contributed by atoms with Gasteiger partial charge in [0.05, 0.1) is 5.56 Å². The Morgan fingerprint density at radius 2 is 2.00 bits per heavy atom. The maximum absolute atomic E-state index is 12.7. The molecule has 0 aliphatic heterocycles. The van der Waals surface area contributed by atoms with Gasteiger partial charge in [-0.15, -0.1) is 0 Å². The molecule has 0 amide bonds. The Morgan fingerprint density at radius 3 is 2.47 bits per heavy atom. The van der Waals surface area contributed by atoms with E-state index in [1.165, 1.54) is 6.07 Å². The second kappa shape index (κ2) is 6.72. The number of halogens is 4. The molecule has 0 saturated carbocycles. The molecule has 0 fully saturated rings. The van der Waals surface area contributed by atoms with Crippen molar-refractivity contribution in [2.45, 2.75) is 38.9 Å². The van der Waals surface area contributed by atoms with Crippen LogP contribution in [0.3, 0.4) is 0 Å². The fraction of sp³-hybridized carbons (Fsp3) is 0.538. The lowest BCUT2D eigenvalue weighted by Gasteiger charge is -2.25. The highest BCUT2D eigenvalue weighted by atomic mass is 79.9. The lowest BCUT2D eigenvalue weighted by atomic mass is 9.90. The molecular weight excluding hydrogens is 321 g/mol. The van der Waals surface area contributed by atoms with Crippen LogP contribution in [0.4, 0.5) is 13.2 Å². The number of hydrazine groups is 1. The third-order valence-corrected chi connectivity index (χ3v) is 3.87. The summed E-state index contributed by atoms with van der Waals surface area (Å²) in [6.45, 7) is 4.01. The van der Waals surface area contributed by atoms with Crippen molar-refractivity contribution in [3.05, 3.63) is 33.8 Å². The van der Waals surface area contributed by atoms with Crippen LogP contribution in [0.15, 0.2) is 22.7 Å². The van der Waals surface area contributed by atoms with Crippen LogP contribution in [0, 0.1) is 5.92 Å². The average molecular weight is 339 g/mol. The standard InChI is InChI=1S/C13H18BrF3N2/c1-3-4-8(2)12(19-18)10-7-9(13(15,16)17)5-6-11(10)14/h5-8,12,19H,3-4,18H2,1-2H3. The monoisotopic (exact) mass is 338 g/mol.